The molecule has 0 N–H and O–H groups in total. The normalized spacial score (nSPS) is 15.8. The van der Waals surface area contributed by atoms with Crippen molar-refractivity contribution >= 4 is 73.9 Å². The first-order valence-corrected chi connectivity index (χ1v) is 9.71. The van der Waals surface area contributed by atoms with Crippen LogP contribution < -0.4 is 0 Å². The molecular formula is C18H10BrCl2NO3S. The Morgan fingerprint density at radius 1 is 1.12 bits per heavy atom. The molecule has 0 atom stereocenters. The SMILES string of the molecule is O=C(CN1C(=O)S/C(=C/c2ccc(Cl)cc2Cl)C1=O)c1ccc(Br)cc1. The number of imide groups is 1. The Balaban J connectivity index is 1.79. The van der Waals surface area contributed by atoms with Gasteiger partial charge in [0.05, 0.1) is 11.4 Å². The van der Waals surface area contributed by atoms with Crippen LogP contribution in [0.4, 0.5) is 4.79 Å². The number of carbonyl (C=O) groups excluding carboxylic acids is 3. The number of amides is 2. The second kappa shape index (κ2) is 7.96. The molecule has 1 aliphatic heterocycles. The first-order valence-electron chi connectivity index (χ1n) is 7.34. The minimum absolute atomic E-state index is 0.211. The summed E-state index contributed by atoms with van der Waals surface area (Å²) in [5.74, 6) is -0.831. The first-order chi connectivity index (χ1) is 12.3. The molecule has 0 saturated carbocycles. The number of nitrogens with zero attached hydrogens (tertiary/aromatic N) is 1. The second-order valence-electron chi connectivity index (χ2n) is 5.36. The van der Waals surface area contributed by atoms with Crippen molar-refractivity contribution in [3.05, 3.63) is 73.0 Å². The maximum absolute atomic E-state index is 12.5. The molecule has 1 fully saturated rings. The molecule has 2 aromatic carbocycles. The molecule has 0 bridgehead atoms. The average molecular weight is 471 g/mol. The molecule has 2 amide bonds. The van der Waals surface area contributed by atoms with Crippen LogP contribution in [0.2, 0.25) is 10.0 Å². The number of rotatable bonds is 4. The predicted molar refractivity (Wildman–Crippen MR) is 108 cm³/mol. The fourth-order valence-corrected chi connectivity index (χ4v) is 3.82. The Kier molecular flexibility index (Phi) is 5.87. The third kappa shape index (κ3) is 4.20. The summed E-state index contributed by atoms with van der Waals surface area (Å²) in [6.45, 7) is -0.308. The van der Waals surface area contributed by atoms with Crippen molar-refractivity contribution in [1.82, 2.24) is 4.90 Å². The summed E-state index contributed by atoms with van der Waals surface area (Å²) < 4.78 is 0.836. The predicted octanol–water partition coefficient (Wildman–Crippen LogP) is 5.68. The molecule has 26 heavy (non-hydrogen) atoms. The summed E-state index contributed by atoms with van der Waals surface area (Å²) >= 11 is 16.0. The Morgan fingerprint density at radius 3 is 2.46 bits per heavy atom. The largest absolute Gasteiger partial charge is 0.293 e. The fraction of sp³-hybridized carbons (Fsp3) is 0.0556. The lowest BCUT2D eigenvalue weighted by atomic mass is 10.1. The number of thioether (sulfide) groups is 1. The molecule has 4 nitrogen and oxygen atoms in total. The molecule has 0 spiro atoms. The van der Waals surface area contributed by atoms with E-state index in [0.29, 0.717) is 21.2 Å². The van der Waals surface area contributed by atoms with Crippen molar-refractivity contribution in [3.63, 3.8) is 0 Å². The molecule has 0 aliphatic carbocycles. The van der Waals surface area contributed by atoms with Crippen molar-refractivity contribution in [2.45, 2.75) is 0 Å². The summed E-state index contributed by atoms with van der Waals surface area (Å²) in [4.78, 5) is 38.1. The summed E-state index contributed by atoms with van der Waals surface area (Å²) in [6.07, 6.45) is 1.52. The van der Waals surface area contributed by atoms with Gasteiger partial charge in [0.2, 0.25) is 0 Å². The van der Waals surface area contributed by atoms with E-state index in [1.807, 2.05) is 0 Å². The molecule has 0 unspecified atom stereocenters. The zero-order valence-corrected chi connectivity index (χ0v) is 17.0. The molecule has 0 radical (unpaired) electrons. The quantitative estimate of drug-likeness (QED) is 0.426. The summed E-state index contributed by atoms with van der Waals surface area (Å²) in [5.41, 5.74) is 0.998. The molecule has 1 aliphatic rings. The molecule has 1 saturated heterocycles. The number of hydrogen-bond donors (Lipinski definition) is 0. The van der Waals surface area contributed by atoms with Crippen LogP contribution in [0.25, 0.3) is 6.08 Å². The second-order valence-corrected chi connectivity index (χ2v) is 8.12. The summed E-state index contributed by atoms with van der Waals surface area (Å²) in [6, 6.07) is 11.6. The monoisotopic (exact) mass is 469 g/mol. The van der Waals surface area contributed by atoms with Gasteiger partial charge in [0.15, 0.2) is 5.78 Å². The topological polar surface area (TPSA) is 54.5 Å². The van der Waals surface area contributed by atoms with Crippen LogP contribution in [0.15, 0.2) is 51.8 Å². The lowest BCUT2D eigenvalue weighted by Crippen LogP contribution is -2.33. The molecule has 2 aromatic rings. The van der Waals surface area contributed by atoms with Crippen molar-refractivity contribution in [2.24, 2.45) is 0 Å². The fourth-order valence-electron chi connectivity index (χ4n) is 2.27. The van der Waals surface area contributed by atoms with Crippen LogP contribution in [-0.4, -0.2) is 28.4 Å². The highest BCUT2D eigenvalue weighted by atomic mass is 79.9. The maximum Gasteiger partial charge on any atom is 0.293 e. The molecule has 132 valence electrons. The highest BCUT2D eigenvalue weighted by Gasteiger charge is 2.36. The maximum atomic E-state index is 12.5. The number of benzene rings is 2. The standard InChI is InChI=1S/C18H10BrCl2NO3S/c19-12-4-1-10(2-5-12)15(23)9-22-17(24)16(26-18(22)25)7-11-3-6-13(20)8-14(11)21/h1-8H,9H2/b16-7+. The number of halogens is 3. The van der Waals surface area contributed by atoms with Gasteiger partial charge in [0, 0.05) is 20.1 Å². The average Bonchev–Trinajstić information content (AvgIpc) is 2.85. The zero-order chi connectivity index (χ0) is 18.8. The van der Waals surface area contributed by atoms with Crippen LogP contribution >= 0.6 is 50.9 Å². The van der Waals surface area contributed by atoms with E-state index in [2.05, 4.69) is 15.9 Å². The van der Waals surface area contributed by atoms with E-state index < -0.39 is 11.1 Å². The van der Waals surface area contributed by atoms with Gasteiger partial charge >= 0.3 is 0 Å². The zero-order valence-electron chi connectivity index (χ0n) is 13.0. The van der Waals surface area contributed by atoms with Crippen LogP contribution in [0.1, 0.15) is 15.9 Å². The van der Waals surface area contributed by atoms with Gasteiger partial charge in [-0.2, -0.15) is 0 Å². The van der Waals surface area contributed by atoms with E-state index in [1.54, 1.807) is 42.5 Å². The van der Waals surface area contributed by atoms with Gasteiger partial charge in [-0.3, -0.25) is 19.3 Å². The minimum atomic E-state index is -0.517. The van der Waals surface area contributed by atoms with E-state index in [-0.39, 0.29) is 17.2 Å². The van der Waals surface area contributed by atoms with Gasteiger partial charge in [0.1, 0.15) is 0 Å². The molecule has 1 heterocycles. The van der Waals surface area contributed by atoms with Gasteiger partial charge in [-0.15, -0.1) is 0 Å². The van der Waals surface area contributed by atoms with E-state index >= 15 is 0 Å². The van der Waals surface area contributed by atoms with Crippen LogP contribution in [0.5, 0.6) is 0 Å². The lowest BCUT2D eigenvalue weighted by Gasteiger charge is -2.11. The van der Waals surface area contributed by atoms with Gasteiger partial charge < -0.3 is 0 Å². The molecular weight excluding hydrogens is 461 g/mol. The summed E-state index contributed by atoms with van der Waals surface area (Å²) in [5, 5.41) is 0.354. The van der Waals surface area contributed by atoms with E-state index in [9.17, 15) is 14.4 Å². The van der Waals surface area contributed by atoms with Crippen molar-refractivity contribution < 1.29 is 14.4 Å². The first kappa shape index (κ1) is 19.2. The molecule has 8 heteroatoms. The van der Waals surface area contributed by atoms with Gasteiger partial charge in [-0.05, 0) is 47.7 Å². The smallest absolute Gasteiger partial charge is 0.292 e. The number of hydrogen-bond acceptors (Lipinski definition) is 4. The Hall–Kier alpha value is -1.60. The lowest BCUT2D eigenvalue weighted by molar-refractivity contribution is -0.122. The van der Waals surface area contributed by atoms with Crippen molar-refractivity contribution in [3.8, 4) is 0 Å². The van der Waals surface area contributed by atoms with Crippen molar-refractivity contribution in [1.29, 1.82) is 0 Å². The van der Waals surface area contributed by atoms with Gasteiger partial charge in [-0.1, -0.05) is 57.3 Å². The van der Waals surface area contributed by atoms with Gasteiger partial charge in [0.25, 0.3) is 11.1 Å². The van der Waals surface area contributed by atoms with Crippen LogP contribution in [0, 0.1) is 0 Å². The van der Waals surface area contributed by atoms with Gasteiger partial charge in [-0.25, -0.2) is 0 Å². The Bertz CT molecular complexity index is 944. The number of ketones is 1. The number of carbonyl (C=O) groups is 3. The summed E-state index contributed by atoms with van der Waals surface area (Å²) in [7, 11) is 0. The van der Waals surface area contributed by atoms with E-state index in [0.717, 1.165) is 21.1 Å². The number of Topliss-reactive ketones (excluding diaryl/α,β-unsaturated/α-hetero) is 1. The third-order valence-corrected chi connectivity index (χ3v) is 5.59. The van der Waals surface area contributed by atoms with Crippen LogP contribution in [0.3, 0.4) is 0 Å². The molecule has 0 aromatic heterocycles. The third-order valence-electron chi connectivity index (χ3n) is 3.59. The highest BCUT2D eigenvalue weighted by Crippen LogP contribution is 2.34. The van der Waals surface area contributed by atoms with Crippen LogP contribution in [-0.2, 0) is 4.79 Å². The Morgan fingerprint density at radius 2 is 1.81 bits per heavy atom. The Labute approximate surface area is 172 Å². The van der Waals surface area contributed by atoms with E-state index in [4.69, 9.17) is 23.2 Å². The molecule has 3 rings (SSSR count). The highest BCUT2D eigenvalue weighted by molar-refractivity contribution is 9.10. The van der Waals surface area contributed by atoms with E-state index in [1.165, 1.54) is 6.08 Å². The minimum Gasteiger partial charge on any atom is -0.292 e. The van der Waals surface area contributed by atoms with Crippen molar-refractivity contribution in [2.75, 3.05) is 6.54 Å².